The van der Waals surface area contributed by atoms with Crippen LogP contribution < -0.4 is 10.2 Å². The Morgan fingerprint density at radius 1 is 0.500 bits per heavy atom. The molecule has 0 saturated heterocycles. The van der Waals surface area contributed by atoms with Gasteiger partial charge in [0, 0.05) is 6.42 Å². The number of phosphoric acid groups is 1. The summed E-state index contributed by atoms with van der Waals surface area (Å²) in [7, 11) is 1.26. The number of rotatable bonds is 55. The average Bonchev–Trinajstić information content (AvgIpc) is 3.32. The smallest absolute Gasteiger partial charge is 0.268 e. The number of nitrogens with one attached hydrogen (secondary N) is 1. The first kappa shape index (κ1) is 68.5. The van der Waals surface area contributed by atoms with Gasteiger partial charge in [-0.2, -0.15) is 0 Å². The second-order valence-corrected chi connectivity index (χ2v) is 23.1. The maximum absolute atomic E-state index is 13.0. The lowest BCUT2D eigenvalue weighted by atomic mass is 10.0. The molecule has 0 aromatic carbocycles. The molecule has 0 bridgehead atoms. The van der Waals surface area contributed by atoms with Gasteiger partial charge in [-0.3, -0.25) is 9.36 Å². The molecule has 0 rings (SSSR count). The van der Waals surface area contributed by atoms with Gasteiger partial charge in [0.15, 0.2) is 0 Å². The number of aliphatic hydroxyl groups is 1. The van der Waals surface area contributed by atoms with Crippen LogP contribution in [0.5, 0.6) is 0 Å². The minimum Gasteiger partial charge on any atom is -0.756 e. The molecule has 1 amide bonds. The molecule has 0 aromatic heterocycles. The Kier molecular flexibility index (Phi) is 51.2. The third-order valence-electron chi connectivity index (χ3n) is 13.5. The number of hydrogen-bond acceptors (Lipinski definition) is 6. The predicted octanol–water partition coefficient (Wildman–Crippen LogP) is 17.7. The quantitative estimate of drug-likeness (QED) is 0.0272. The second kappa shape index (κ2) is 52.3. The Morgan fingerprint density at radius 3 is 1.20 bits per heavy atom. The molecule has 0 heterocycles. The van der Waals surface area contributed by atoms with Crippen LogP contribution in [-0.4, -0.2) is 68.5 Å². The highest BCUT2D eigenvalue weighted by molar-refractivity contribution is 7.45. The van der Waals surface area contributed by atoms with Crippen molar-refractivity contribution < 1.29 is 32.9 Å². The zero-order valence-electron chi connectivity index (χ0n) is 47.0. The monoisotopic (exact) mass is 1000 g/mol. The summed E-state index contributed by atoms with van der Waals surface area (Å²) in [5.74, 6) is -0.202. The molecule has 0 radical (unpaired) electrons. The minimum absolute atomic E-state index is 0.00331. The van der Waals surface area contributed by atoms with Crippen LogP contribution in [0, 0.1) is 0 Å². The second-order valence-electron chi connectivity index (χ2n) is 21.7. The zero-order chi connectivity index (χ0) is 51.3. The van der Waals surface area contributed by atoms with E-state index < -0.39 is 20.0 Å². The third kappa shape index (κ3) is 54.2. The molecule has 3 atom stereocenters. The molecule has 9 heteroatoms. The fourth-order valence-electron chi connectivity index (χ4n) is 8.81. The van der Waals surface area contributed by atoms with E-state index in [4.69, 9.17) is 9.05 Å². The number of allylic oxidation sites excluding steroid dienone is 7. The van der Waals surface area contributed by atoms with Crippen molar-refractivity contribution in [2.24, 2.45) is 0 Å². The van der Waals surface area contributed by atoms with Gasteiger partial charge >= 0.3 is 0 Å². The van der Waals surface area contributed by atoms with Crippen LogP contribution in [0.1, 0.15) is 284 Å². The normalized spacial score (nSPS) is 14.2. The first-order valence-corrected chi connectivity index (χ1v) is 31.5. The SMILES string of the molecule is CCCCCCC/C=C\C/C=C\C/C=C\CCCCCCCCCCC(=O)NC(COP(=O)([O-])OCC[N+](C)(C)C)C(O)/C=C/CCCCCCCCCCCCCCCCCCCCCCCCC. The molecular formula is C61H117N2O6P. The van der Waals surface area contributed by atoms with Gasteiger partial charge in [0.05, 0.1) is 39.9 Å². The van der Waals surface area contributed by atoms with Gasteiger partial charge in [0.1, 0.15) is 13.2 Å². The summed E-state index contributed by atoms with van der Waals surface area (Å²) in [4.78, 5) is 25.5. The number of carbonyl (C=O) groups is 1. The number of phosphoric ester groups is 1. The van der Waals surface area contributed by atoms with Gasteiger partial charge in [-0.1, -0.05) is 268 Å². The van der Waals surface area contributed by atoms with E-state index in [-0.39, 0.29) is 19.1 Å². The maximum Gasteiger partial charge on any atom is 0.268 e. The molecule has 8 nitrogen and oxygen atoms in total. The number of unbranched alkanes of at least 4 members (excludes halogenated alkanes) is 36. The van der Waals surface area contributed by atoms with Crippen LogP contribution in [0.15, 0.2) is 48.6 Å². The molecule has 0 aliphatic heterocycles. The van der Waals surface area contributed by atoms with Crippen molar-refractivity contribution in [3.63, 3.8) is 0 Å². The van der Waals surface area contributed by atoms with E-state index in [1.165, 1.54) is 205 Å². The van der Waals surface area contributed by atoms with Gasteiger partial charge in [0.25, 0.3) is 7.82 Å². The molecule has 0 fully saturated rings. The van der Waals surface area contributed by atoms with Crippen molar-refractivity contribution in [1.82, 2.24) is 5.32 Å². The molecule has 3 unspecified atom stereocenters. The number of carbonyl (C=O) groups excluding carboxylic acids is 1. The molecule has 412 valence electrons. The summed E-state index contributed by atoms with van der Waals surface area (Å²) in [6.07, 6.45) is 69.0. The van der Waals surface area contributed by atoms with E-state index in [0.717, 1.165) is 57.8 Å². The molecule has 0 aliphatic rings. The standard InChI is InChI=1S/C61H117N2O6P/c1-6-8-10-12-14-16-18-20-22-24-26-28-30-31-33-34-36-38-40-42-44-46-48-50-52-54-60(64)59(58-69-70(66,67)68-57-56-63(3,4)5)62-61(65)55-53-51-49-47-45-43-41-39-37-35-32-29-27-25-23-21-19-17-15-13-11-9-7-2/h19,21,25,27,32,35,52,54,59-60,64H,6-18,20,22-24,26,28-31,33-34,36-51,53,55-58H2,1-5H3,(H-,62,65,66,67)/b21-19-,27-25-,35-32-,54-52+. The van der Waals surface area contributed by atoms with Gasteiger partial charge in [-0.05, 0) is 57.8 Å². The lowest BCUT2D eigenvalue weighted by Crippen LogP contribution is -2.45. The van der Waals surface area contributed by atoms with Crippen molar-refractivity contribution in [2.75, 3.05) is 40.9 Å². The summed E-state index contributed by atoms with van der Waals surface area (Å²) in [6.45, 7) is 4.66. The largest absolute Gasteiger partial charge is 0.756 e. The number of likely N-dealkylation sites (N-methyl/N-ethyl adjacent to an activating group) is 1. The van der Waals surface area contributed by atoms with Gasteiger partial charge in [-0.15, -0.1) is 0 Å². The van der Waals surface area contributed by atoms with E-state index in [1.807, 2.05) is 27.2 Å². The summed E-state index contributed by atoms with van der Waals surface area (Å²) < 4.78 is 23.4. The van der Waals surface area contributed by atoms with Crippen LogP contribution in [0.3, 0.4) is 0 Å². The van der Waals surface area contributed by atoms with E-state index >= 15 is 0 Å². The Hall–Kier alpha value is -1.54. The van der Waals surface area contributed by atoms with E-state index in [0.29, 0.717) is 17.4 Å². The Bertz CT molecular complexity index is 1280. The molecular weight excluding hydrogens is 888 g/mol. The van der Waals surface area contributed by atoms with Crippen molar-refractivity contribution in [3.8, 4) is 0 Å². The number of quaternary nitrogens is 1. The topological polar surface area (TPSA) is 108 Å². The van der Waals surface area contributed by atoms with Gasteiger partial charge in [0.2, 0.25) is 5.91 Å². The molecule has 0 spiro atoms. The first-order chi connectivity index (χ1) is 34.0. The Morgan fingerprint density at radius 2 is 0.829 bits per heavy atom. The van der Waals surface area contributed by atoms with Gasteiger partial charge in [-0.25, -0.2) is 0 Å². The summed E-state index contributed by atoms with van der Waals surface area (Å²) in [5.41, 5.74) is 0. The number of amides is 1. The summed E-state index contributed by atoms with van der Waals surface area (Å²) in [5, 5.41) is 13.9. The van der Waals surface area contributed by atoms with Crippen LogP contribution in [0.25, 0.3) is 0 Å². The van der Waals surface area contributed by atoms with E-state index in [9.17, 15) is 19.4 Å². The fourth-order valence-corrected chi connectivity index (χ4v) is 9.53. The van der Waals surface area contributed by atoms with E-state index in [2.05, 4.69) is 55.6 Å². The lowest BCUT2D eigenvalue weighted by molar-refractivity contribution is -0.870. The summed E-state index contributed by atoms with van der Waals surface area (Å²) >= 11 is 0. The molecule has 70 heavy (non-hydrogen) atoms. The van der Waals surface area contributed by atoms with Crippen molar-refractivity contribution in [1.29, 1.82) is 0 Å². The van der Waals surface area contributed by atoms with Gasteiger partial charge < -0.3 is 28.8 Å². The Balaban J connectivity index is 4.21. The minimum atomic E-state index is -4.60. The number of nitrogens with zero attached hydrogens (tertiary/aromatic N) is 1. The fraction of sp³-hybridized carbons (Fsp3) is 0.852. The molecule has 2 N–H and O–H groups in total. The predicted molar refractivity (Wildman–Crippen MR) is 302 cm³/mol. The number of hydrogen-bond donors (Lipinski definition) is 2. The van der Waals surface area contributed by atoms with Crippen LogP contribution in [0.2, 0.25) is 0 Å². The highest BCUT2D eigenvalue weighted by Gasteiger charge is 2.23. The average molecular weight is 1010 g/mol. The third-order valence-corrected chi connectivity index (χ3v) is 14.5. The lowest BCUT2D eigenvalue weighted by Gasteiger charge is -2.29. The summed E-state index contributed by atoms with van der Waals surface area (Å²) in [6, 6.07) is -0.893. The van der Waals surface area contributed by atoms with Crippen LogP contribution >= 0.6 is 7.82 Å². The first-order valence-electron chi connectivity index (χ1n) is 30.0. The van der Waals surface area contributed by atoms with Crippen LogP contribution in [0.4, 0.5) is 0 Å². The van der Waals surface area contributed by atoms with E-state index in [1.54, 1.807) is 6.08 Å². The Labute approximate surface area is 435 Å². The highest BCUT2D eigenvalue weighted by atomic mass is 31.2. The van der Waals surface area contributed by atoms with Crippen molar-refractivity contribution in [2.45, 2.75) is 296 Å². The zero-order valence-corrected chi connectivity index (χ0v) is 47.9. The maximum atomic E-state index is 13.0. The highest BCUT2D eigenvalue weighted by Crippen LogP contribution is 2.38. The van der Waals surface area contributed by atoms with Crippen LogP contribution in [-0.2, 0) is 18.4 Å². The van der Waals surface area contributed by atoms with Crippen molar-refractivity contribution >= 4 is 13.7 Å². The molecule has 0 saturated carbocycles. The molecule has 0 aliphatic carbocycles. The van der Waals surface area contributed by atoms with Crippen molar-refractivity contribution in [3.05, 3.63) is 48.6 Å². The number of aliphatic hydroxyl groups excluding tert-OH is 1. The molecule has 0 aromatic rings.